The molecule has 3 rings (SSSR count). The zero-order valence-electron chi connectivity index (χ0n) is 15.4. The molecular weight excluding hydrogens is 360 g/mol. The van der Waals surface area contributed by atoms with Gasteiger partial charge in [0, 0.05) is 31.6 Å². The van der Waals surface area contributed by atoms with Crippen molar-refractivity contribution in [1.29, 1.82) is 0 Å². The maximum Gasteiger partial charge on any atom is 0.341 e. The van der Waals surface area contributed by atoms with Crippen LogP contribution in [-0.2, 0) is 22.7 Å². The van der Waals surface area contributed by atoms with Crippen LogP contribution in [0.3, 0.4) is 0 Å². The van der Waals surface area contributed by atoms with E-state index in [1.807, 2.05) is 23.1 Å². The maximum atomic E-state index is 12.3. The van der Waals surface area contributed by atoms with Crippen LogP contribution >= 0.6 is 0 Å². The zero-order chi connectivity index (χ0) is 19.9. The Labute approximate surface area is 162 Å². The van der Waals surface area contributed by atoms with Crippen LogP contribution in [0.15, 0.2) is 48.5 Å². The van der Waals surface area contributed by atoms with E-state index in [1.165, 1.54) is 0 Å². The third-order valence-corrected chi connectivity index (χ3v) is 4.47. The molecule has 146 valence electrons. The van der Waals surface area contributed by atoms with Gasteiger partial charge >= 0.3 is 5.97 Å². The number of likely N-dealkylation sites (tertiary alicyclic amines) is 1. The van der Waals surface area contributed by atoms with Gasteiger partial charge in [-0.15, -0.1) is 0 Å². The molecule has 1 heterocycles. The first kappa shape index (κ1) is 19.4. The van der Waals surface area contributed by atoms with E-state index in [-0.39, 0.29) is 11.8 Å². The Hall–Kier alpha value is -3.35. The van der Waals surface area contributed by atoms with Crippen LogP contribution in [0.4, 0.5) is 0 Å². The van der Waals surface area contributed by atoms with Crippen LogP contribution in [-0.4, -0.2) is 40.9 Å². The monoisotopic (exact) mass is 382 g/mol. The number of nitrogens with zero attached hydrogens (tertiary/aromatic N) is 1. The van der Waals surface area contributed by atoms with Crippen molar-refractivity contribution in [3.05, 3.63) is 65.2 Å². The summed E-state index contributed by atoms with van der Waals surface area (Å²) < 4.78 is 5.13. The molecule has 1 aliphatic heterocycles. The van der Waals surface area contributed by atoms with Gasteiger partial charge in [0.2, 0.25) is 5.91 Å². The van der Waals surface area contributed by atoms with Crippen LogP contribution in [0, 0.1) is 0 Å². The second kappa shape index (κ2) is 9.03. The van der Waals surface area contributed by atoms with Crippen LogP contribution in [0.25, 0.3) is 0 Å². The minimum Gasteiger partial charge on any atom is -0.482 e. The first-order valence-corrected chi connectivity index (χ1v) is 9.10. The van der Waals surface area contributed by atoms with Crippen LogP contribution < -0.4 is 10.1 Å². The number of carboxylic acids is 1. The van der Waals surface area contributed by atoms with Crippen LogP contribution in [0.1, 0.15) is 34.3 Å². The smallest absolute Gasteiger partial charge is 0.341 e. The molecule has 0 radical (unpaired) electrons. The fraction of sp³-hybridized carbons (Fsp3) is 0.286. The highest BCUT2D eigenvalue weighted by Gasteiger charge is 2.20. The van der Waals surface area contributed by atoms with E-state index in [0.717, 1.165) is 24.1 Å². The molecule has 0 unspecified atom stereocenters. The largest absolute Gasteiger partial charge is 0.482 e. The van der Waals surface area contributed by atoms with Crippen LogP contribution in [0.5, 0.6) is 5.75 Å². The van der Waals surface area contributed by atoms with Gasteiger partial charge in [-0.05, 0) is 41.8 Å². The third-order valence-electron chi connectivity index (χ3n) is 4.47. The van der Waals surface area contributed by atoms with Crippen LogP contribution in [0.2, 0.25) is 0 Å². The predicted molar refractivity (Wildman–Crippen MR) is 102 cm³/mol. The summed E-state index contributed by atoms with van der Waals surface area (Å²) in [6.07, 6.45) is 1.52. The van der Waals surface area contributed by atoms with Gasteiger partial charge in [-0.1, -0.05) is 24.3 Å². The Morgan fingerprint density at radius 3 is 2.57 bits per heavy atom. The van der Waals surface area contributed by atoms with Gasteiger partial charge in [0.15, 0.2) is 6.61 Å². The molecule has 0 spiro atoms. The topological polar surface area (TPSA) is 95.9 Å². The number of hydrogen-bond donors (Lipinski definition) is 2. The Morgan fingerprint density at radius 2 is 1.89 bits per heavy atom. The van der Waals surface area contributed by atoms with Crippen molar-refractivity contribution < 1.29 is 24.2 Å². The molecule has 2 aromatic carbocycles. The summed E-state index contributed by atoms with van der Waals surface area (Å²) in [5.41, 5.74) is 2.34. The highest BCUT2D eigenvalue weighted by atomic mass is 16.5. The number of benzene rings is 2. The summed E-state index contributed by atoms with van der Waals surface area (Å²) in [6, 6.07) is 14.1. The van der Waals surface area contributed by atoms with E-state index in [4.69, 9.17) is 9.84 Å². The van der Waals surface area contributed by atoms with Crippen molar-refractivity contribution in [1.82, 2.24) is 10.2 Å². The molecule has 0 aromatic heterocycles. The molecule has 0 saturated carbocycles. The fourth-order valence-corrected chi connectivity index (χ4v) is 3.03. The van der Waals surface area contributed by atoms with Gasteiger partial charge in [0.25, 0.3) is 5.91 Å². The molecule has 0 aliphatic carbocycles. The summed E-state index contributed by atoms with van der Waals surface area (Å²) in [5.74, 6) is -0.636. The lowest BCUT2D eigenvalue weighted by molar-refractivity contribution is -0.139. The number of amides is 2. The number of carbonyl (C=O) groups excluding carboxylic acids is 2. The van der Waals surface area contributed by atoms with Gasteiger partial charge in [-0.3, -0.25) is 9.59 Å². The number of aliphatic carboxylic acids is 1. The second-order valence-electron chi connectivity index (χ2n) is 6.63. The molecule has 1 aliphatic rings. The quantitative estimate of drug-likeness (QED) is 0.730. The van der Waals surface area contributed by atoms with Crippen molar-refractivity contribution >= 4 is 17.8 Å². The van der Waals surface area contributed by atoms with Gasteiger partial charge in [0.05, 0.1) is 0 Å². The average Bonchev–Trinajstić information content (AvgIpc) is 3.10. The van der Waals surface area contributed by atoms with E-state index in [1.54, 1.807) is 30.3 Å². The Balaban J connectivity index is 1.52. The standard InChI is InChI=1S/C21H22N2O5/c24-19-5-2-10-23(19)13-15-6-8-17(9-7-15)21(27)22-12-16-3-1-4-18(11-16)28-14-20(25)26/h1,3-4,6-9,11H,2,5,10,12-14H2,(H,22,27)(H,25,26). The molecule has 2 aromatic rings. The first-order chi connectivity index (χ1) is 13.5. The minimum absolute atomic E-state index is 0.177. The third kappa shape index (κ3) is 5.33. The lowest BCUT2D eigenvalue weighted by Crippen LogP contribution is -2.24. The molecule has 2 amide bonds. The average molecular weight is 382 g/mol. The normalized spacial score (nSPS) is 13.4. The second-order valence-corrected chi connectivity index (χ2v) is 6.63. The Bertz CT molecular complexity index is 863. The molecule has 1 fully saturated rings. The molecule has 0 atom stereocenters. The number of hydrogen-bond acceptors (Lipinski definition) is 4. The molecular formula is C21H22N2O5. The highest BCUT2D eigenvalue weighted by Crippen LogP contribution is 2.15. The summed E-state index contributed by atoms with van der Waals surface area (Å²) in [5, 5.41) is 11.5. The van der Waals surface area contributed by atoms with Gasteiger partial charge < -0.3 is 20.1 Å². The fourth-order valence-electron chi connectivity index (χ4n) is 3.03. The van der Waals surface area contributed by atoms with Crippen molar-refractivity contribution in [2.45, 2.75) is 25.9 Å². The first-order valence-electron chi connectivity index (χ1n) is 9.10. The number of rotatable bonds is 8. The summed E-state index contributed by atoms with van der Waals surface area (Å²) in [6.45, 7) is 1.25. The van der Waals surface area contributed by atoms with Gasteiger partial charge in [-0.25, -0.2) is 4.79 Å². The summed E-state index contributed by atoms with van der Waals surface area (Å²) in [4.78, 5) is 36.4. The molecule has 0 bridgehead atoms. The van der Waals surface area contributed by atoms with E-state index in [0.29, 0.717) is 30.8 Å². The van der Waals surface area contributed by atoms with Crippen molar-refractivity contribution in [2.24, 2.45) is 0 Å². The number of carboxylic acid groups (broad SMARTS) is 1. The van der Waals surface area contributed by atoms with Crippen molar-refractivity contribution in [3.8, 4) is 5.75 Å². The maximum absolute atomic E-state index is 12.3. The lowest BCUT2D eigenvalue weighted by Gasteiger charge is -2.15. The number of nitrogens with one attached hydrogen (secondary N) is 1. The minimum atomic E-state index is -1.05. The SMILES string of the molecule is O=C(O)COc1cccc(CNC(=O)c2ccc(CN3CCCC3=O)cc2)c1. The van der Waals surface area contributed by atoms with E-state index >= 15 is 0 Å². The number of ether oxygens (including phenoxy) is 1. The van der Waals surface area contributed by atoms with E-state index in [9.17, 15) is 14.4 Å². The number of carbonyl (C=O) groups is 3. The molecule has 28 heavy (non-hydrogen) atoms. The van der Waals surface area contributed by atoms with Gasteiger partial charge in [-0.2, -0.15) is 0 Å². The molecule has 7 nitrogen and oxygen atoms in total. The highest BCUT2D eigenvalue weighted by molar-refractivity contribution is 5.94. The van der Waals surface area contributed by atoms with E-state index in [2.05, 4.69) is 5.32 Å². The molecule has 2 N–H and O–H groups in total. The molecule has 7 heteroatoms. The lowest BCUT2D eigenvalue weighted by atomic mass is 10.1. The zero-order valence-corrected chi connectivity index (χ0v) is 15.4. The summed E-state index contributed by atoms with van der Waals surface area (Å²) >= 11 is 0. The summed E-state index contributed by atoms with van der Waals surface area (Å²) in [7, 11) is 0. The Morgan fingerprint density at radius 1 is 1.11 bits per heavy atom. The van der Waals surface area contributed by atoms with Crippen molar-refractivity contribution in [2.75, 3.05) is 13.2 Å². The molecule has 1 saturated heterocycles. The Kier molecular flexibility index (Phi) is 6.26. The predicted octanol–water partition coefficient (Wildman–Crippen LogP) is 2.20. The van der Waals surface area contributed by atoms with Gasteiger partial charge in [0.1, 0.15) is 5.75 Å². The van der Waals surface area contributed by atoms with Crippen molar-refractivity contribution in [3.63, 3.8) is 0 Å². The van der Waals surface area contributed by atoms with E-state index < -0.39 is 12.6 Å².